The number of carbonyl (C=O) groups is 2. The highest BCUT2D eigenvalue weighted by Gasteiger charge is 2.40. The van der Waals surface area contributed by atoms with Crippen LogP contribution in [0.25, 0.3) is 0 Å². The number of nitrogens with zero attached hydrogens (tertiary/aromatic N) is 2. The normalized spacial score (nSPS) is 25.2. The van der Waals surface area contributed by atoms with Crippen molar-refractivity contribution < 1.29 is 14.3 Å². The van der Waals surface area contributed by atoms with Crippen LogP contribution in [0, 0.1) is 11.8 Å². The Hall–Kier alpha value is -2.04. The van der Waals surface area contributed by atoms with Gasteiger partial charge >= 0.3 is 0 Å². The topological polar surface area (TPSA) is 49.9 Å². The van der Waals surface area contributed by atoms with Crippen molar-refractivity contribution in [3.05, 3.63) is 29.8 Å². The zero-order valence-electron chi connectivity index (χ0n) is 15.4. The molecule has 2 heterocycles. The summed E-state index contributed by atoms with van der Waals surface area (Å²) in [6, 6.07) is 7.53. The quantitative estimate of drug-likeness (QED) is 0.847. The summed E-state index contributed by atoms with van der Waals surface area (Å²) in [7, 11) is 3.45. The van der Waals surface area contributed by atoms with E-state index in [1.54, 1.807) is 12.0 Å². The van der Waals surface area contributed by atoms with Crippen molar-refractivity contribution >= 4 is 11.8 Å². The van der Waals surface area contributed by atoms with Gasteiger partial charge in [0, 0.05) is 26.6 Å². The summed E-state index contributed by atoms with van der Waals surface area (Å²) in [5.41, 5.74) is 1.00. The van der Waals surface area contributed by atoms with Gasteiger partial charge < -0.3 is 14.5 Å². The van der Waals surface area contributed by atoms with Gasteiger partial charge in [-0.1, -0.05) is 19.1 Å². The molecule has 0 N–H and O–H groups in total. The van der Waals surface area contributed by atoms with Crippen LogP contribution in [-0.2, 0) is 9.59 Å². The molecule has 0 bridgehead atoms. The van der Waals surface area contributed by atoms with Crippen molar-refractivity contribution in [2.75, 3.05) is 27.2 Å². The standard InChI is InChI=1S/C20H28N2O3/c1-14-10-12-22(13-11-14)20(24)17-8-9-18(23)21(2)19(17)15-4-6-16(25-3)7-5-15/h4-7,14,17,19H,8-13H2,1-3H3/t17-,19+/m1/s1. The van der Waals surface area contributed by atoms with Crippen LogP contribution in [0.15, 0.2) is 24.3 Å². The smallest absolute Gasteiger partial charge is 0.228 e. The van der Waals surface area contributed by atoms with E-state index >= 15 is 0 Å². The number of likely N-dealkylation sites (tertiary alicyclic amines) is 2. The summed E-state index contributed by atoms with van der Waals surface area (Å²) in [6.07, 6.45) is 3.22. The van der Waals surface area contributed by atoms with Crippen LogP contribution in [-0.4, -0.2) is 48.9 Å². The Morgan fingerprint density at radius 3 is 2.36 bits per heavy atom. The first-order chi connectivity index (χ1) is 12.0. The predicted molar refractivity (Wildman–Crippen MR) is 96.2 cm³/mol. The minimum Gasteiger partial charge on any atom is -0.497 e. The van der Waals surface area contributed by atoms with E-state index in [2.05, 4.69) is 6.92 Å². The van der Waals surface area contributed by atoms with Crippen molar-refractivity contribution in [3.63, 3.8) is 0 Å². The zero-order chi connectivity index (χ0) is 18.0. The molecule has 5 nitrogen and oxygen atoms in total. The molecule has 2 atom stereocenters. The fourth-order valence-corrected chi connectivity index (χ4v) is 4.02. The van der Waals surface area contributed by atoms with Crippen LogP contribution in [0.3, 0.4) is 0 Å². The van der Waals surface area contributed by atoms with E-state index in [9.17, 15) is 9.59 Å². The van der Waals surface area contributed by atoms with E-state index < -0.39 is 0 Å². The first kappa shape index (κ1) is 17.8. The van der Waals surface area contributed by atoms with Gasteiger partial charge in [-0.05, 0) is 42.9 Å². The molecule has 2 fully saturated rings. The third-order valence-electron chi connectivity index (χ3n) is 5.73. The van der Waals surface area contributed by atoms with Crippen molar-refractivity contribution in [3.8, 4) is 5.75 Å². The molecule has 1 aromatic rings. The molecule has 5 heteroatoms. The average molecular weight is 344 g/mol. The molecular formula is C20H28N2O3. The second-order valence-electron chi connectivity index (χ2n) is 7.38. The minimum atomic E-state index is -0.195. The number of carbonyl (C=O) groups excluding carboxylic acids is 2. The average Bonchev–Trinajstić information content (AvgIpc) is 2.64. The lowest BCUT2D eigenvalue weighted by Crippen LogP contribution is -2.49. The molecule has 2 saturated heterocycles. The van der Waals surface area contributed by atoms with Gasteiger partial charge in [-0.3, -0.25) is 9.59 Å². The fraction of sp³-hybridized carbons (Fsp3) is 0.600. The fourth-order valence-electron chi connectivity index (χ4n) is 4.02. The summed E-state index contributed by atoms with van der Waals surface area (Å²) in [5.74, 6) is 1.62. The molecule has 1 aromatic carbocycles. The molecule has 0 unspecified atom stereocenters. The molecule has 0 aliphatic carbocycles. The maximum absolute atomic E-state index is 13.2. The van der Waals surface area contributed by atoms with Gasteiger partial charge in [0.25, 0.3) is 0 Å². The van der Waals surface area contributed by atoms with E-state index in [0.29, 0.717) is 18.8 Å². The highest BCUT2D eigenvalue weighted by atomic mass is 16.5. The van der Waals surface area contributed by atoms with E-state index in [1.807, 2.05) is 36.2 Å². The summed E-state index contributed by atoms with van der Waals surface area (Å²) in [4.78, 5) is 29.2. The van der Waals surface area contributed by atoms with Gasteiger partial charge in [0.15, 0.2) is 0 Å². The first-order valence-electron chi connectivity index (χ1n) is 9.19. The van der Waals surface area contributed by atoms with Crippen LogP contribution in [0.5, 0.6) is 5.75 Å². The van der Waals surface area contributed by atoms with Crippen molar-refractivity contribution in [1.82, 2.24) is 9.80 Å². The summed E-state index contributed by atoms with van der Waals surface area (Å²) in [5, 5.41) is 0. The number of ether oxygens (including phenoxy) is 1. The van der Waals surface area contributed by atoms with Gasteiger partial charge in [0.2, 0.25) is 11.8 Å². The summed E-state index contributed by atoms with van der Waals surface area (Å²) in [6.45, 7) is 3.92. The Morgan fingerprint density at radius 2 is 1.76 bits per heavy atom. The van der Waals surface area contributed by atoms with E-state index in [0.717, 1.165) is 37.2 Å². The molecule has 2 aliphatic rings. The maximum Gasteiger partial charge on any atom is 0.228 e. The number of hydrogen-bond acceptors (Lipinski definition) is 3. The molecule has 0 spiro atoms. The lowest BCUT2D eigenvalue weighted by molar-refractivity contribution is -0.147. The van der Waals surface area contributed by atoms with Crippen LogP contribution >= 0.6 is 0 Å². The Labute approximate surface area is 149 Å². The molecule has 0 radical (unpaired) electrons. The summed E-state index contributed by atoms with van der Waals surface area (Å²) < 4.78 is 5.23. The molecule has 0 saturated carbocycles. The zero-order valence-corrected chi connectivity index (χ0v) is 15.4. The monoisotopic (exact) mass is 344 g/mol. The SMILES string of the molecule is COc1ccc([C@H]2[C@H](C(=O)N3CCC(C)CC3)CCC(=O)N2C)cc1. The second-order valence-corrected chi connectivity index (χ2v) is 7.38. The van der Waals surface area contributed by atoms with Crippen molar-refractivity contribution in [1.29, 1.82) is 0 Å². The van der Waals surface area contributed by atoms with Crippen LogP contribution < -0.4 is 4.74 Å². The third-order valence-corrected chi connectivity index (χ3v) is 5.73. The van der Waals surface area contributed by atoms with E-state index in [4.69, 9.17) is 4.74 Å². The Kier molecular flexibility index (Phi) is 5.30. The van der Waals surface area contributed by atoms with Gasteiger partial charge in [-0.15, -0.1) is 0 Å². The minimum absolute atomic E-state index is 0.108. The Morgan fingerprint density at radius 1 is 1.12 bits per heavy atom. The second kappa shape index (κ2) is 7.46. The van der Waals surface area contributed by atoms with Crippen LogP contribution in [0.4, 0.5) is 0 Å². The highest BCUT2D eigenvalue weighted by Crippen LogP contribution is 2.38. The predicted octanol–water partition coefficient (Wildman–Crippen LogP) is 2.86. The lowest BCUT2D eigenvalue weighted by atomic mass is 9.83. The third kappa shape index (κ3) is 3.65. The number of hydrogen-bond donors (Lipinski definition) is 0. The first-order valence-corrected chi connectivity index (χ1v) is 9.19. The Bertz CT molecular complexity index is 620. The van der Waals surface area contributed by atoms with Gasteiger partial charge in [-0.25, -0.2) is 0 Å². The number of benzene rings is 1. The van der Waals surface area contributed by atoms with Gasteiger partial charge in [0.05, 0.1) is 19.1 Å². The van der Waals surface area contributed by atoms with Gasteiger partial charge in [-0.2, -0.15) is 0 Å². The highest BCUT2D eigenvalue weighted by molar-refractivity contribution is 5.85. The molecular weight excluding hydrogens is 316 g/mol. The summed E-state index contributed by atoms with van der Waals surface area (Å²) >= 11 is 0. The van der Waals surface area contributed by atoms with E-state index in [1.165, 1.54) is 0 Å². The molecule has 3 rings (SSSR count). The maximum atomic E-state index is 13.2. The molecule has 0 aromatic heterocycles. The van der Waals surface area contributed by atoms with Crippen molar-refractivity contribution in [2.24, 2.45) is 11.8 Å². The number of piperidine rings is 2. The number of amides is 2. The molecule has 25 heavy (non-hydrogen) atoms. The molecule has 2 aliphatic heterocycles. The van der Waals surface area contributed by atoms with Crippen LogP contribution in [0.2, 0.25) is 0 Å². The lowest BCUT2D eigenvalue weighted by Gasteiger charge is -2.41. The number of rotatable bonds is 3. The Balaban J connectivity index is 1.84. The molecule has 136 valence electrons. The number of methoxy groups -OCH3 is 1. The largest absolute Gasteiger partial charge is 0.497 e. The molecule has 2 amide bonds. The van der Waals surface area contributed by atoms with Gasteiger partial charge in [0.1, 0.15) is 5.75 Å². The van der Waals surface area contributed by atoms with E-state index in [-0.39, 0.29) is 23.8 Å². The van der Waals surface area contributed by atoms with Crippen LogP contribution in [0.1, 0.15) is 44.2 Å². The van der Waals surface area contributed by atoms with Crippen molar-refractivity contribution in [2.45, 2.75) is 38.6 Å².